The smallest absolute Gasteiger partial charge is 0.128 e. The fourth-order valence-corrected chi connectivity index (χ4v) is 1.49. The molecule has 1 aromatic rings. The Morgan fingerprint density at radius 3 is 2.79 bits per heavy atom. The minimum atomic E-state index is -0.247. The second-order valence-corrected chi connectivity index (χ2v) is 3.84. The molecule has 0 aliphatic heterocycles. The van der Waals surface area contributed by atoms with Gasteiger partial charge >= 0.3 is 0 Å². The van der Waals surface area contributed by atoms with Crippen molar-refractivity contribution in [3.63, 3.8) is 0 Å². The predicted octanol–water partition coefficient (Wildman–Crippen LogP) is 3.83. The molecule has 0 radical (unpaired) electrons. The molecule has 14 heavy (non-hydrogen) atoms. The number of benzene rings is 1. The van der Waals surface area contributed by atoms with Crippen molar-refractivity contribution < 1.29 is 4.39 Å². The Morgan fingerprint density at radius 1 is 1.43 bits per heavy atom. The molecular formula is C10H12Cl2FN. The van der Waals surface area contributed by atoms with E-state index < -0.39 is 0 Å². The number of anilines is 1. The van der Waals surface area contributed by atoms with E-state index in [1.807, 2.05) is 0 Å². The van der Waals surface area contributed by atoms with E-state index in [0.29, 0.717) is 28.7 Å². The zero-order chi connectivity index (χ0) is 10.6. The summed E-state index contributed by atoms with van der Waals surface area (Å²) < 4.78 is 13.1. The van der Waals surface area contributed by atoms with Crippen LogP contribution < -0.4 is 5.32 Å². The molecule has 0 heterocycles. The summed E-state index contributed by atoms with van der Waals surface area (Å²) in [5.41, 5.74) is 1.18. The lowest BCUT2D eigenvalue weighted by molar-refractivity contribution is 0.619. The Hall–Kier alpha value is -0.470. The van der Waals surface area contributed by atoms with E-state index in [1.165, 1.54) is 6.07 Å². The standard InChI is InChI=1S/C10H12Cl2FN/c1-7-5-8(12)10(6-9(7)13)14-4-2-3-11/h5-6,14H,2-4H2,1H3. The Morgan fingerprint density at radius 2 is 2.14 bits per heavy atom. The van der Waals surface area contributed by atoms with Crippen molar-refractivity contribution in [3.8, 4) is 0 Å². The fourth-order valence-electron chi connectivity index (χ4n) is 1.07. The third kappa shape index (κ3) is 3.03. The quantitative estimate of drug-likeness (QED) is 0.618. The number of halogens is 3. The molecule has 1 rings (SSSR count). The Balaban J connectivity index is 2.72. The van der Waals surface area contributed by atoms with Gasteiger partial charge in [0, 0.05) is 12.4 Å². The van der Waals surface area contributed by atoms with Crippen LogP contribution in [-0.2, 0) is 0 Å². The maximum absolute atomic E-state index is 13.1. The number of rotatable bonds is 4. The SMILES string of the molecule is Cc1cc(Cl)c(NCCCCl)cc1F. The summed E-state index contributed by atoms with van der Waals surface area (Å²) in [5, 5.41) is 3.57. The molecule has 0 amide bonds. The molecule has 1 nitrogen and oxygen atoms in total. The number of hydrogen-bond donors (Lipinski definition) is 1. The summed E-state index contributed by atoms with van der Waals surface area (Å²) in [6, 6.07) is 3.02. The molecule has 1 N–H and O–H groups in total. The number of hydrogen-bond acceptors (Lipinski definition) is 1. The van der Waals surface area contributed by atoms with Gasteiger partial charge in [0.05, 0.1) is 10.7 Å². The highest BCUT2D eigenvalue weighted by Gasteiger charge is 2.04. The average molecular weight is 236 g/mol. The first-order chi connectivity index (χ1) is 6.65. The fraction of sp³-hybridized carbons (Fsp3) is 0.400. The van der Waals surface area contributed by atoms with Crippen LogP contribution in [0.25, 0.3) is 0 Å². The van der Waals surface area contributed by atoms with Gasteiger partial charge in [-0.1, -0.05) is 11.6 Å². The van der Waals surface area contributed by atoms with Gasteiger partial charge in [-0.15, -0.1) is 11.6 Å². The first-order valence-electron chi connectivity index (χ1n) is 4.40. The molecule has 0 aromatic heterocycles. The van der Waals surface area contributed by atoms with E-state index in [0.717, 1.165) is 6.42 Å². The summed E-state index contributed by atoms with van der Waals surface area (Å²) in [4.78, 5) is 0. The van der Waals surface area contributed by atoms with Crippen LogP contribution in [0.5, 0.6) is 0 Å². The molecule has 0 unspecified atom stereocenters. The van der Waals surface area contributed by atoms with Gasteiger partial charge in [0.15, 0.2) is 0 Å². The van der Waals surface area contributed by atoms with Crippen LogP contribution >= 0.6 is 23.2 Å². The molecular weight excluding hydrogens is 224 g/mol. The molecule has 0 saturated carbocycles. The van der Waals surface area contributed by atoms with Crippen molar-refractivity contribution in [3.05, 3.63) is 28.5 Å². The van der Waals surface area contributed by atoms with E-state index in [1.54, 1.807) is 13.0 Å². The molecule has 78 valence electrons. The van der Waals surface area contributed by atoms with Crippen LogP contribution in [0, 0.1) is 12.7 Å². The third-order valence-corrected chi connectivity index (χ3v) is 2.45. The normalized spacial score (nSPS) is 10.3. The maximum Gasteiger partial charge on any atom is 0.128 e. The summed E-state index contributed by atoms with van der Waals surface area (Å²) >= 11 is 11.4. The van der Waals surface area contributed by atoms with Gasteiger partial charge in [-0.3, -0.25) is 0 Å². The lowest BCUT2D eigenvalue weighted by Gasteiger charge is -2.08. The van der Waals surface area contributed by atoms with E-state index in [9.17, 15) is 4.39 Å². The molecule has 0 bridgehead atoms. The van der Waals surface area contributed by atoms with Crippen LogP contribution in [-0.4, -0.2) is 12.4 Å². The minimum absolute atomic E-state index is 0.247. The van der Waals surface area contributed by atoms with Gasteiger partial charge in [0.25, 0.3) is 0 Å². The van der Waals surface area contributed by atoms with Crippen molar-refractivity contribution in [2.45, 2.75) is 13.3 Å². The van der Waals surface area contributed by atoms with Gasteiger partial charge in [-0.25, -0.2) is 4.39 Å². The molecule has 0 atom stereocenters. The van der Waals surface area contributed by atoms with Crippen molar-refractivity contribution in [1.29, 1.82) is 0 Å². The first kappa shape index (κ1) is 11.6. The van der Waals surface area contributed by atoms with Gasteiger partial charge in [-0.05, 0) is 31.0 Å². The van der Waals surface area contributed by atoms with Gasteiger partial charge in [0.2, 0.25) is 0 Å². The summed E-state index contributed by atoms with van der Waals surface area (Å²) in [5.74, 6) is 0.335. The topological polar surface area (TPSA) is 12.0 Å². The van der Waals surface area contributed by atoms with Crippen LogP contribution in [0.4, 0.5) is 10.1 Å². The second kappa shape index (κ2) is 5.42. The Bertz CT molecular complexity index is 315. The zero-order valence-electron chi connectivity index (χ0n) is 7.91. The van der Waals surface area contributed by atoms with Crippen LogP contribution in [0.1, 0.15) is 12.0 Å². The lowest BCUT2D eigenvalue weighted by Crippen LogP contribution is -2.03. The summed E-state index contributed by atoms with van der Waals surface area (Å²) in [6.07, 6.45) is 0.827. The minimum Gasteiger partial charge on any atom is -0.384 e. The van der Waals surface area contributed by atoms with Crippen LogP contribution in [0.3, 0.4) is 0 Å². The van der Waals surface area contributed by atoms with Crippen LogP contribution in [0.2, 0.25) is 5.02 Å². The van der Waals surface area contributed by atoms with E-state index in [-0.39, 0.29) is 5.82 Å². The number of alkyl halides is 1. The van der Waals surface area contributed by atoms with Gasteiger partial charge in [0.1, 0.15) is 5.82 Å². The summed E-state index contributed by atoms with van der Waals surface area (Å²) in [7, 11) is 0. The third-order valence-electron chi connectivity index (χ3n) is 1.87. The zero-order valence-corrected chi connectivity index (χ0v) is 9.42. The highest BCUT2D eigenvalue weighted by Crippen LogP contribution is 2.24. The van der Waals surface area contributed by atoms with E-state index in [4.69, 9.17) is 23.2 Å². The van der Waals surface area contributed by atoms with E-state index in [2.05, 4.69) is 5.32 Å². The lowest BCUT2D eigenvalue weighted by atomic mass is 10.2. The number of aryl methyl sites for hydroxylation is 1. The number of nitrogens with one attached hydrogen (secondary N) is 1. The molecule has 0 aliphatic rings. The van der Waals surface area contributed by atoms with Crippen molar-refractivity contribution in [2.75, 3.05) is 17.7 Å². The maximum atomic E-state index is 13.1. The van der Waals surface area contributed by atoms with Gasteiger partial charge < -0.3 is 5.32 Å². The average Bonchev–Trinajstić information content (AvgIpc) is 2.14. The summed E-state index contributed by atoms with van der Waals surface area (Å²) in [6.45, 7) is 2.38. The largest absolute Gasteiger partial charge is 0.384 e. The molecule has 0 saturated heterocycles. The molecule has 1 aromatic carbocycles. The molecule has 0 fully saturated rings. The highest BCUT2D eigenvalue weighted by atomic mass is 35.5. The van der Waals surface area contributed by atoms with Crippen molar-refractivity contribution in [1.82, 2.24) is 0 Å². The van der Waals surface area contributed by atoms with Crippen molar-refractivity contribution >= 4 is 28.9 Å². The molecule has 0 spiro atoms. The van der Waals surface area contributed by atoms with Crippen molar-refractivity contribution in [2.24, 2.45) is 0 Å². The first-order valence-corrected chi connectivity index (χ1v) is 5.32. The highest BCUT2D eigenvalue weighted by molar-refractivity contribution is 6.33. The van der Waals surface area contributed by atoms with Crippen LogP contribution in [0.15, 0.2) is 12.1 Å². The predicted molar refractivity (Wildman–Crippen MR) is 60.0 cm³/mol. The molecule has 0 aliphatic carbocycles. The Kier molecular flexibility index (Phi) is 4.49. The monoisotopic (exact) mass is 235 g/mol. The van der Waals surface area contributed by atoms with E-state index >= 15 is 0 Å². The Labute approximate surface area is 93.2 Å². The second-order valence-electron chi connectivity index (χ2n) is 3.05. The van der Waals surface area contributed by atoms with Gasteiger partial charge in [-0.2, -0.15) is 0 Å². The molecule has 4 heteroatoms.